The van der Waals surface area contributed by atoms with Crippen LogP contribution in [0.4, 0.5) is 0 Å². The fourth-order valence-corrected chi connectivity index (χ4v) is 3.24. The maximum atomic E-state index is 12.0. The van der Waals surface area contributed by atoms with Crippen LogP contribution in [0.25, 0.3) is 0 Å². The van der Waals surface area contributed by atoms with Gasteiger partial charge < -0.3 is 5.32 Å². The van der Waals surface area contributed by atoms with Crippen molar-refractivity contribution in [1.82, 2.24) is 25.9 Å². The van der Waals surface area contributed by atoms with Gasteiger partial charge >= 0.3 is 0 Å². The lowest BCUT2D eigenvalue weighted by atomic mass is 10.2. The van der Waals surface area contributed by atoms with Crippen molar-refractivity contribution in [3.05, 3.63) is 39.8 Å². The molecule has 2 aromatic heterocycles. The first-order chi connectivity index (χ1) is 11.5. The zero-order chi connectivity index (χ0) is 17.5. The summed E-state index contributed by atoms with van der Waals surface area (Å²) in [6, 6.07) is 3.78. The van der Waals surface area contributed by atoms with Gasteiger partial charge in [0.2, 0.25) is 0 Å². The molecule has 0 bridgehead atoms. The minimum absolute atomic E-state index is 0.0819. The van der Waals surface area contributed by atoms with Crippen molar-refractivity contribution >= 4 is 23.2 Å². The third-order valence-corrected chi connectivity index (χ3v) is 4.89. The highest BCUT2D eigenvalue weighted by Crippen LogP contribution is 2.21. The quantitative estimate of drug-likeness (QED) is 0.657. The fourth-order valence-electron chi connectivity index (χ4n) is 2.24. The molecule has 7 nitrogen and oxygen atoms in total. The summed E-state index contributed by atoms with van der Waals surface area (Å²) in [5.74, 6) is -0.583. The number of thiophene rings is 1. The van der Waals surface area contributed by atoms with E-state index in [1.165, 1.54) is 16.2 Å². The maximum Gasteiger partial charge on any atom is 0.279 e. The number of hydrogen-bond acceptors (Lipinski definition) is 5. The highest BCUT2D eigenvalue weighted by atomic mass is 32.1. The molecule has 2 rings (SSSR count). The molecule has 0 aliphatic carbocycles. The van der Waals surface area contributed by atoms with Crippen molar-refractivity contribution in [2.75, 3.05) is 6.54 Å². The Morgan fingerprint density at radius 1 is 1.38 bits per heavy atom. The SMILES string of the molecule is CCc1sc(C(=O)NNC(=O)CNC(C)Cn2cccn2)cc1C. The molecule has 0 aromatic carbocycles. The Kier molecular flexibility index (Phi) is 6.51. The van der Waals surface area contributed by atoms with E-state index in [1.54, 1.807) is 10.9 Å². The van der Waals surface area contributed by atoms with Gasteiger partial charge in [0.15, 0.2) is 0 Å². The van der Waals surface area contributed by atoms with Crippen LogP contribution in [0.3, 0.4) is 0 Å². The van der Waals surface area contributed by atoms with Gasteiger partial charge in [0, 0.05) is 23.3 Å². The second-order valence-corrected chi connectivity index (χ2v) is 6.72. The van der Waals surface area contributed by atoms with Crippen molar-refractivity contribution < 1.29 is 9.59 Å². The lowest BCUT2D eigenvalue weighted by molar-refractivity contribution is -0.121. The first-order valence-electron chi connectivity index (χ1n) is 7.89. The second kappa shape index (κ2) is 8.60. The number of hydrazine groups is 1. The van der Waals surface area contributed by atoms with Crippen molar-refractivity contribution in [2.24, 2.45) is 0 Å². The molecule has 0 aliphatic rings. The van der Waals surface area contributed by atoms with Crippen LogP contribution >= 0.6 is 11.3 Å². The number of hydrogen-bond donors (Lipinski definition) is 3. The van der Waals surface area contributed by atoms with Gasteiger partial charge in [0.05, 0.1) is 18.0 Å². The monoisotopic (exact) mass is 349 g/mol. The highest BCUT2D eigenvalue weighted by Gasteiger charge is 2.13. The molecule has 2 heterocycles. The number of amides is 2. The number of nitrogens with one attached hydrogen (secondary N) is 3. The number of carbonyl (C=O) groups excluding carboxylic acids is 2. The molecule has 0 spiro atoms. The van der Waals surface area contributed by atoms with Crippen LogP contribution in [0, 0.1) is 6.92 Å². The zero-order valence-electron chi connectivity index (χ0n) is 14.1. The number of nitrogens with zero attached hydrogens (tertiary/aromatic N) is 2. The average molecular weight is 349 g/mol. The van der Waals surface area contributed by atoms with Crippen LogP contribution in [0.2, 0.25) is 0 Å². The summed E-state index contributed by atoms with van der Waals surface area (Å²) in [6.45, 7) is 6.79. The Labute approximate surface area is 145 Å². The number of rotatable bonds is 7. The van der Waals surface area contributed by atoms with E-state index in [-0.39, 0.29) is 24.4 Å². The summed E-state index contributed by atoms with van der Waals surface area (Å²) in [6.07, 6.45) is 4.48. The molecule has 2 aromatic rings. The fraction of sp³-hybridized carbons (Fsp3) is 0.438. The molecule has 0 aliphatic heterocycles. The Morgan fingerprint density at radius 3 is 2.79 bits per heavy atom. The molecule has 0 radical (unpaired) electrons. The summed E-state index contributed by atoms with van der Waals surface area (Å²) in [5, 5.41) is 7.20. The van der Waals surface area contributed by atoms with E-state index in [9.17, 15) is 9.59 Å². The molecule has 0 saturated carbocycles. The van der Waals surface area contributed by atoms with Crippen LogP contribution in [0.5, 0.6) is 0 Å². The van der Waals surface area contributed by atoms with Gasteiger partial charge in [0.25, 0.3) is 11.8 Å². The van der Waals surface area contributed by atoms with Crippen molar-refractivity contribution in [1.29, 1.82) is 0 Å². The van der Waals surface area contributed by atoms with E-state index in [2.05, 4.69) is 28.2 Å². The van der Waals surface area contributed by atoms with Gasteiger partial charge in [-0.2, -0.15) is 5.10 Å². The van der Waals surface area contributed by atoms with E-state index in [4.69, 9.17) is 0 Å². The minimum Gasteiger partial charge on any atom is -0.304 e. The van der Waals surface area contributed by atoms with E-state index in [0.717, 1.165) is 12.0 Å². The Bertz CT molecular complexity index is 681. The van der Waals surface area contributed by atoms with Crippen LogP contribution in [0.15, 0.2) is 24.5 Å². The topological polar surface area (TPSA) is 88.0 Å². The lowest BCUT2D eigenvalue weighted by Crippen LogP contribution is -2.47. The van der Waals surface area contributed by atoms with Crippen LogP contribution in [-0.2, 0) is 17.8 Å². The predicted octanol–water partition coefficient (Wildman–Crippen LogP) is 1.25. The third kappa shape index (κ3) is 5.17. The van der Waals surface area contributed by atoms with Gasteiger partial charge in [-0.15, -0.1) is 11.3 Å². The Balaban J connectivity index is 1.71. The standard InChI is InChI=1S/C16H23N5O2S/c1-4-13-11(2)8-14(24-13)16(23)20-19-15(22)9-17-12(3)10-21-7-5-6-18-21/h5-8,12,17H,4,9-10H2,1-3H3,(H,19,22)(H,20,23). The summed E-state index contributed by atoms with van der Waals surface area (Å²) in [4.78, 5) is 25.6. The molecule has 1 unspecified atom stereocenters. The summed E-state index contributed by atoms with van der Waals surface area (Å²) < 4.78 is 1.79. The first kappa shape index (κ1) is 18.2. The molecule has 3 N–H and O–H groups in total. The van der Waals surface area contributed by atoms with Gasteiger partial charge in [-0.1, -0.05) is 6.92 Å². The van der Waals surface area contributed by atoms with Crippen LogP contribution in [-0.4, -0.2) is 34.2 Å². The van der Waals surface area contributed by atoms with E-state index in [0.29, 0.717) is 11.4 Å². The normalized spacial score (nSPS) is 12.0. The van der Waals surface area contributed by atoms with Crippen molar-refractivity contribution in [3.8, 4) is 0 Å². The molecule has 24 heavy (non-hydrogen) atoms. The van der Waals surface area contributed by atoms with Gasteiger partial charge in [0.1, 0.15) is 0 Å². The van der Waals surface area contributed by atoms with E-state index >= 15 is 0 Å². The smallest absolute Gasteiger partial charge is 0.279 e. The Hall–Kier alpha value is -2.19. The van der Waals surface area contributed by atoms with Crippen molar-refractivity contribution in [3.63, 3.8) is 0 Å². The largest absolute Gasteiger partial charge is 0.304 e. The lowest BCUT2D eigenvalue weighted by Gasteiger charge is -2.14. The molecule has 0 saturated heterocycles. The van der Waals surface area contributed by atoms with Crippen LogP contribution < -0.4 is 16.2 Å². The van der Waals surface area contributed by atoms with Crippen LogP contribution in [0.1, 0.15) is 34.0 Å². The summed E-state index contributed by atoms with van der Waals surface area (Å²) >= 11 is 1.45. The average Bonchev–Trinajstić information content (AvgIpc) is 3.19. The van der Waals surface area contributed by atoms with E-state index in [1.807, 2.05) is 32.2 Å². The second-order valence-electron chi connectivity index (χ2n) is 5.58. The zero-order valence-corrected chi connectivity index (χ0v) is 14.9. The molecular weight excluding hydrogens is 326 g/mol. The molecule has 130 valence electrons. The molecule has 8 heteroatoms. The third-order valence-electron chi connectivity index (χ3n) is 3.51. The first-order valence-corrected chi connectivity index (χ1v) is 8.70. The highest BCUT2D eigenvalue weighted by molar-refractivity contribution is 7.14. The molecular formula is C16H23N5O2S. The van der Waals surface area contributed by atoms with Gasteiger partial charge in [-0.3, -0.25) is 25.1 Å². The van der Waals surface area contributed by atoms with Crippen molar-refractivity contribution in [2.45, 2.75) is 39.8 Å². The Morgan fingerprint density at radius 2 is 2.17 bits per heavy atom. The summed E-state index contributed by atoms with van der Waals surface area (Å²) in [7, 11) is 0. The summed E-state index contributed by atoms with van der Waals surface area (Å²) in [5.41, 5.74) is 5.98. The van der Waals surface area contributed by atoms with Gasteiger partial charge in [-0.05, 0) is 38.0 Å². The minimum atomic E-state index is -0.292. The molecule has 0 fully saturated rings. The van der Waals surface area contributed by atoms with E-state index < -0.39 is 0 Å². The number of aryl methyl sites for hydroxylation is 2. The number of aromatic nitrogens is 2. The molecule has 2 amide bonds. The molecule has 1 atom stereocenters. The number of carbonyl (C=O) groups is 2. The predicted molar refractivity (Wildman–Crippen MR) is 93.7 cm³/mol. The maximum absolute atomic E-state index is 12.0. The van der Waals surface area contributed by atoms with Gasteiger partial charge in [-0.25, -0.2) is 0 Å².